The van der Waals surface area contributed by atoms with Crippen molar-refractivity contribution in [2.75, 3.05) is 32.8 Å². The summed E-state index contributed by atoms with van der Waals surface area (Å²) in [5.74, 6) is 0.224. The van der Waals surface area contributed by atoms with E-state index in [2.05, 4.69) is 4.90 Å². The molecule has 3 nitrogen and oxygen atoms in total. The average Bonchev–Trinajstić information content (AvgIpc) is 2.72. The van der Waals surface area contributed by atoms with Crippen molar-refractivity contribution in [2.24, 2.45) is 0 Å². The lowest BCUT2D eigenvalue weighted by atomic mass is 10.3. The molecule has 2 heterocycles. The molecule has 0 bridgehead atoms. The summed E-state index contributed by atoms with van der Waals surface area (Å²) in [4.78, 5) is 14.7. The van der Waals surface area contributed by atoms with Crippen LogP contribution in [0.5, 0.6) is 0 Å². The molecule has 0 radical (unpaired) electrons. The second-order valence-electron chi connectivity index (χ2n) is 3.29. The van der Waals surface area contributed by atoms with Crippen LogP contribution in [0.3, 0.4) is 0 Å². The topological polar surface area (TPSA) is 29.5 Å². The Balaban J connectivity index is 1.87. The molecule has 4 heteroatoms. The lowest BCUT2D eigenvalue weighted by molar-refractivity contribution is 0.0372. The third-order valence-corrected chi connectivity index (χ3v) is 3.18. The summed E-state index contributed by atoms with van der Waals surface area (Å²) in [5.41, 5.74) is 0. The Bertz CT molecular complexity index is 291. The van der Waals surface area contributed by atoms with Crippen LogP contribution in [0.15, 0.2) is 17.5 Å². The van der Waals surface area contributed by atoms with Gasteiger partial charge in [0.25, 0.3) is 0 Å². The zero-order valence-corrected chi connectivity index (χ0v) is 8.76. The maximum absolute atomic E-state index is 11.7. The fourth-order valence-corrected chi connectivity index (χ4v) is 2.13. The second kappa shape index (κ2) is 4.68. The van der Waals surface area contributed by atoms with Crippen molar-refractivity contribution in [3.05, 3.63) is 22.4 Å². The van der Waals surface area contributed by atoms with E-state index in [4.69, 9.17) is 4.74 Å². The van der Waals surface area contributed by atoms with E-state index in [1.807, 2.05) is 17.5 Å². The number of Topliss-reactive ketones (excluding diaryl/α,β-unsaturated/α-hetero) is 1. The molecular formula is C10H13NO2S. The summed E-state index contributed by atoms with van der Waals surface area (Å²) >= 11 is 1.51. The van der Waals surface area contributed by atoms with Gasteiger partial charge in [0, 0.05) is 13.1 Å². The SMILES string of the molecule is O=C(CN1CCOCC1)c1cccs1. The van der Waals surface area contributed by atoms with Crippen LogP contribution in [0.4, 0.5) is 0 Å². The molecule has 1 aliphatic rings. The van der Waals surface area contributed by atoms with Crippen LogP contribution in [0.2, 0.25) is 0 Å². The first kappa shape index (κ1) is 9.83. The van der Waals surface area contributed by atoms with Crippen LogP contribution in [0, 0.1) is 0 Å². The maximum atomic E-state index is 11.7. The summed E-state index contributed by atoms with van der Waals surface area (Å²) in [6, 6.07) is 3.80. The smallest absolute Gasteiger partial charge is 0.186 e. The fourth-order valence-electron chi connectivity index (χ4n) is 1.48. The number of ketones is 1. The molecule has 0 spiro atoms. The van der Waals surface area contributed by atoms with Gasteiger partial charge in [-0.05, 0) is 11.4 Å². The minimum atomic E-state index is 0.224. The first-order valence-electron chi connectivity index (χ1n) is 4.73. The Morgan fingerprint density at radius 1 is 1.50 bits per heavy atom. The molecule has 0 aliphatic carbocycles. The highest BCUT2D eigenvalue weighted by Gasteiger charge is 2.15. The zero-order valence-electron chi connectivity index (χ0n) is 7.94. The molecule has 1 aliphatic heterocycles. The predicted molar refractivity (Wildman–Crippen MR) is 55.9 cm³/mol. The number of rotatable bonds is 3. The standard InChI is InChI=1S/C10H13NO2S/c12-9(10-2-1-7-14-10)8-11-3-5-13-6-4-11/h1-2,7H,3-6,8H2. The number of ether oxygens (including phenoxy) is 1. The van der Waals surface area contributed by atoms with Gasteiger partial charge in [-0.3, -0.25) is 9.69 Å². The van der Waals surface area contributed by atoms with Gasteiger partial charge in [-0.2, -0.15) is 0 Å². The Morgan fingerprint density at radius 3 is 2.93 bits per heavy atom. The van der Waals surface area contributed by atoms with Gasteiger partial charge in [-0.25, -0.2) is 0 Å². The van der Waals surface area contributed by atoms with Gasteiger partial charge in [0.2, 0.25) is 0 Å². The van der Waals surface area contributed by atoms with E-state index < -0.39 is 0 Å². The quantitative estimate of drug-likeness (QED) is 0.705. The molecule has 1 aromatic heterocycles. The van der Waals surface area contributed by atoms with Gasteiger partial charge in [-0.1, -0.05) is 6.07 Å². The highest BCUT2D eigenvalue weighted by Crippen LogP contribution is 2.10. The van der Waals surface area contributed by atoms with E-state index in [9.17, 15) is 4.79 Å². The van der Waals surface area contributed by atoms with Gasteiger partial charge < -0.3 is 4.74 Å². The van der Waals surface area contributed by atoms with Crippen molar-refractivity contribution in [3.8, 4) is 0 Å². The van der Waals surface area contributed by atoms with Crippen LogP contribution < -0.4 is 0 Å². The Labute approximate surface area is 87.3 Å². The largest absolute Gasteiger partial charge is 0.379 e. The third-order valence-electron chi connectivity index (χ3n) is 2.27. The predicted octanol–water partition coefficient (Wildman–Crippen LogP) is 1.26. The number of morpholine rings is 1. The Morgan fingerprint density at radius 2 is 2.29 bits per heavy atom. The summed E-state index contributed by atoms with van der Waals surface area (Å²) in [6.45, 7) is 3.77. The zero-order chi connectivity index (χ0) is 9.80. The van der Waals surface area contributed by atoms with Crippen molar-refractivity contribution in [2.45, 2.75) is 0 Å². The number of carbonyl (C=O) groups excluding carboxylic acids is 1. The Hall–Kier alpha value is -0.710. The van der Waals surface area contributed by atoms with Crippen LogP contribution in [-0.4, -0.2) is 43.5 Å². The fraction of sp³-hybridized carbons (Fsp3) is 0.500. The van der Waals surface area contributed by atoms with E-state index in [1.54, 1.807) is 0 Å². The summed E-state index contributed by atoms with van der Waals surface area (Å²) in [5, 5.41) is 1.94. The summed E-state index contributed by atoms with van der Waals surface area (Å²) < 4.78 is 5.22. The van der Waals surface area contributed by atoms with Crippen LogP contribution in [0.1, 0.15) is 9.67 Å². The molecule has 1 saturated heterocycles. The molecule has 0 unspecified atom stereocenters. The van der Waals surface area contributed by atoms with Gasteiger partial charge >= 0.3 is 0 Å². The molecule has 2 rings (SSSR count). The third kappa shape index (κ3) is 2.41. The van der Waals surface area contributed by atoms with Gasteiger partial charge in [0.1, 0.15) is 0 Å². The van der Waals surface area contributed by atoms with Crippen molar-refractivity contribution < 1.29 is 9.53 Å². The van der Waals surface area contributed by atoms with E-state index >= 15 is 0 Å². The molecule has 0 saturated carbocycles. The number of hydrogen-bond acceptors (Lipinski definition) is 4. The van der Waals surface area contributed by atoms with Gasteiger partial charge in [0.15, 0.2) is 5.78 Å². The van der Waals surface area contributed by atoms with Gasteiger partial charge in [0.05, 0.1) is 24.6 Å². The second-order valence-corrected chi connectivity index (χ2v) is 4.24. The number of thiophene rings is 1. The first-order chi connectivity index (χ1) is 6.86. The molecule has 76 valence electrons. The minimum absolute atomic E-state index is 0.224. The summed E-state index contributed by atoms with van der Waals surface area (Å²) in [6.07, 6.45) is 0. The van der Waals surface area contributed by atoms with Crippen LogP contribution in [0.25, 0.3) is 0 Å². The van der Waals surface area contributed by atoms with Crippen molar-refractivity contribution in [1.82, 2.24) is 4.90 Å². The molecule has 1 aromatic rings. The molecule has 0 N–H and O–H groups in total. The average molecular weight is 211 g/mol. The number of carbonyl (C=O) groups is 1. The molecule has 1 fully saturated rings. The highest BCUT2D eigenvalue weighted by atomic mass is 32.1. The van der Waals surface area contributed by atoms with Crippen LogP contribution in [-0.2, 0) is 4.74 Å². The number of nitrogens with zero attached hydrogens (tertiary/aromatic N) is 1. The first-order valence-corrected chi connectivity index (χ1v) is 5.61. The molecule has 0 amide bonds. The van der Waals surface area contributed by atoms with Crippen molar-refractivity contribution in [3.63, 3.8) is 0 Å². The van der Waals surface area contributed by atoms with E-state index in [0.29, 0.717) is 6.54 Å². The molecule has 14 heavy (non-hydrogen) atoms. The minimum Gasteiger partial charge on any atom is -0.379 e. The lowest BCUT2D eigenvalue weighted by Crippen LogP contribution is -2.39. The molecular weight excluding hydrogens is 198 g/mol. The highest BCUT2D eigenvalue weighted by molar-refractivity contribution is 7.12. The monoisotopic (exact) mass is 211 g/mol. The normalized spacial score (nSPS) is 18.3. The van der Waals surface area contributed by atoms with Crippen molar-refractivity contribution in [1.29, 1.82) is 0 Å². The lowest BCUT2D eigenvalue weighted by Gasteiger charge is -2.25. The Kier molecular flexibility index (Phi) is 3.29. The van der Waals surface area contributed by atoms with E-state index in [1.165, 1.54) is 11.3 Å². The van der Waals surface area contributed by atoms with Crippen LogP contribution >= 0.6 is 11.3 Å². The molecule has 0 aromatic carbocycles. The van der Waals surface area contributed by atoms with E-state index in [0.717, 1.165) is 31.2 Å². The van der Waals surface area contributed by atoms with Gasteiger partial charge in [-0.15, -0.1) is 11.3 Å². The number of hydrogen-bond donors (Lipinski definition) is 0. The van der Waals surface area contributed by atoms with Crippen molar-refractivity contribution >= 4 is 17.1 Å². The van der Waals surface area contributed by atoms with E-state index in [-0.39, 0.29) is 5.78 Å². The molecule has 0 atom stereocenters. The maximum Gasteiger partial charge on any atom is 0.186 e. The summed E-state index contributed by atoms with van der Waals surface area (Å²) in [7, 11) is 0.